The van der Waals surface area contributed by atoms with Crippen molar-refractivity contribution >= 4 is 0 Å². The molecule has 3 N–H and O–H groups in total. The molecule has 8 nitrogen and oxygen atoms in total. The van der Waals surface area contributed by atoms with Crippen LogP contribution >= 0.6 is 0 Å². The predicted molar refractivity (Wildman–Crippen MR) is 77.6 cm³/mol. The summed E-state index contributed by atoms with van der Waals surface area (Å²) in [5.41, 5.74) is 0.718. The number of ether oxygens (including phenoxy) is 2. The monoisotopic (exact) mass is 322 g/mol. The number of hydrogen-bond acceptors (Lipinski definition) is 8. The predicted octanol–water partition coefficient (Wildman–Crippen LogP) is 0.289. The first kappa shape index (κ1) is 15.9. The molecule has 23 heavy (non-hydrogen) atoms. The zero-order chi connectivity index (χ0) is 16.4. The zero-order valence-electron chi connectivity index (χ0n) is 12.5. The average molecular weight is 322 g/mol. The number of benzene rings is 1. The van der Waals surface area contributed by atoms with Crippen LogP contribution in [0.5, 0.6) is 5.75 Å². The summed E-state index contributed by atoms with van der Waals surface area (Å²) >= 11 is 0. The highest BCUT2D eigenvalue weighted by atomic mass is 16.6. The van der Waals surface area contributed by atoms with Gasteiger partial charge in [0.15, 0.2) is 6.10 Å². The van der Waals surface area contributed by atoms with E-state index < -0.39 is 31.0 Å². The number of nitrogens with zero attached hydrogens (tertiary/aromatic N) is 2. The molecule has 0 amide bonds. The molecular weight excluding hydrogens is 304 g/mol. The van der Waals surface area contributed by atoms with E-state index >= 15 is 0 Å². The lowest BCUT2D eigenvalue weighted by Crippen LogP contribution is -2.32. The summed E-state index contributed by atoms with van der Waals surface area (Å²) in [7, 11) is 0. The molecule has 0 saturated carbocycles. The van der Waals surface area contributed by atoms with Gasteiger partial charge in [-0.25, -0.2) is 0 Å². The summed E-state index contributed by atoms with van der Waals surface area (Å²) in [6.07, 6.45) is -4.28. The number of aromatic nitrogens is 2. The molecule has 1 aliphatic rings. The average Bonchev–Trinajstić information content (AvgIpc) is 3.15. The Balaban J connectivity index is 1.78. The molecule has 1 saturated heterocycles. The van der Waals surface area contributed by atoms with Crippen molar-refractivity contribution in [2.75, 3.05) is 13.2 Å². The van der Waals surface area contributed by atoms with Crippen molar-refractivity contribution < 1.29 is 29.3 Å². The van der Waals surface area contributed by atoms with E-state index in [-0.39, 0.29) is 5.89 Å². The fourth-order valence-electron chi connectivity index (χ4n) is 2.44. The van der Waals surface area contributed by atoms with Crippen molar-refractivity contribution in [1.29, 1.82) is 0 Å². The third-order valence-corrected chi connectivity index (χ3v) is 3.65. The SMILES string of the molecule is CCOc1ccc(-c2noc([C@@H]3O[C@H](CO)[C@@H](O)[C@H]3O)n2)cc1. The molecule has 3 rings (SSSR count). The smallest absolute Gasteiger partial charge is 0.258 e. The van der Waals surface area contributed by atoms with Crippen molar-refractivity contribution in [3.8, 4) is 17.1 Å². The van der Waals surface area contributed by atoms with Gasteiger partial charge in [-0.15, -0.1) is 0 Å². The van der Waals surface area contributed by atoms with Crippen LogP contribution in [0, 0.1) is 0 Å². The Hall–Kier alpha value is -2.00. The van der Waals surface area contributed by atoms with Gasteiger partial charge in [-0.3, -0.25) is 0 Å². The summed E-state index contributed by atoms with van der Waals surface area (Å²) in [5, 5.41) is 32.7. The lowest BCUT2D eigenvalue weighted by atomic mass is 10.1. The first-order valence-electron chi connectivity index (χ1n) is 7.33. The van der Waals surface area contributed by atoms with Gasteiger partial charge < -0.3 is 29.3 Å². The summed E-state index contributed by atoms with van der Waals surface area (Å²) < 4.78 is 15.8. The minimum absolute atomic E-state index is 0.0522. The van der Waals surface area contributed by atoms with Crippen molar-refractivity contribution in [3.63, 3.8) is 0 Å². The van der Waals surface area contributed by atoms with Gasteiger partial charge in [0.1, 0.15) is 24.1 Å². The number of rotatable bonds is 5. The standard InChI is InChI=1S/C15H18N2O6/c1-2-21-9-5-3-8(4-6-9)14-16-15(23-17-14)13-12(20)11(19)10(7-18)22-13/h3-6,10-13,18-20H,2,7H2,1H3/t10-,11-,12-,13-/m1/s1. The van der Waals surface area contributed by atoms with Crippen LogP contribution < -0.4 is 4.74 Å². The Labute approximate surface area is 132 Å². The summed E-state index contributed by atoms with van der Waals surface area (Å²) in [4.78, 5) is 4.20. The second-order valence-electron chi connectivity index (χ2n) is 5.17. The third-order valence-electron chi connectivity index (χ3n) is 3.65. The van der Waals surface area contributed by atoms with E-state index in [4.69, 9.17) is 19.1 Å². The highest BCUT2D eigenvalue weighted by Gasteiger charge is 2.45. The molecule has 0 bridgehead atoms. The Morgan fingerprint density at radius 3 is 2.52 bits per heavy atom. The van der Waals surface area contributed by atoms with Gasteiger partial charge >= 0.3 is 0 Å². The molecular formula is C15H18N2O6. The highest BCUT2D eigenvalue weighted by molar-refractivity contribution is 5.55. The van der Waals surface area contributed by atoms with E-state index in [0.29, 0.717) is 12.4 Å². The van der Waals surface area contributed by atoms with Crippen LogP contribution in [0.1, 0.15) is 18.9 Å². The van der Waals surface area contributed by atoms with E-state index in [1.54, 1.807) is 24.3 Å². The summed E-state index contributed by atoms with van der Waals surface area (Å²) in [5.74, 6) is 1.13. The molecule has 4 atom stereocenters. The van der Waals surface area contributed by atoms with Crippen LogP contribution in [-0.2, 0) is 4.74 Å². The van der Waals surface area contributed by atoms with Crippen LogP contribution in [0.2, 0.25) is 0 Å². The second-order valence-corrected chi connectivity index (χ2v) is 5.17. The number of hydrogen-bond donors (Lipinski definition) is 3. The van der Waals surface area contributed by atoms with Crippen molar-refractivity contribution in [2.45, 2.75) is 31.3 Å². The van der Waals surface area contributed by atoms with Crippen molar-refractivity contribution in [2.24, 2.45) is 0 Å². The number of aliphatic hydroxyl groups excluding tert-OH is 3. The molecule has 0 radical (unpaired) electrons. The van der Waals surface area contributed by atoms with Gasteiger partial charge in [0, 0.05) is 5.56 Å². The van der Waals surface area contributed by atoms with Gasteiger partial charge in [0.2, 0.25) is 5.82 Å². The molecule has 0 unspecified atom stereocenters. The molecule has 1 fully saturated rings. The number of aliphatic hydroxyl groups is 3. The normalized spacial score (nSPS) is 27.3. The molecule has 8 heteroatoms. The van der Waals surface area contributed by atoms with E-state index in [2.05, 4.69) is 10.1 Å². The molecule has 0 aliphatic carbocycles. The maximum atomic E-state index is 9.96. The van der Waals surface area contributed by atoms with E-state index in [1.807, 2.05) is 6.92 Å². The van der Waals surface area contributed by atoms with Crippen LogP contribution in [0.25, 0.3) is 11.4 Å². The molecule has 2 aromatic rings. The second kappa shape index (κ2) is 6.63. The fourth-order valence-corrected chi connectivity index (χ4v) is 2.44. The Bertz CT molecular complexity index is 644. The summed E-state index contributed by atoms with van der Waals surface area (Å²) in [6, 6.07) is 7.16. The lowest BCUT2D eigenvalue weighted by Gasteiger charge is -2.10. The van der Waals surface area contributed by atoms with E-state index in [1.165, 1.54) is 0 Å². The van der Waals surface area contributed by atoms with Gasteiger partial charge in [0.25, 0.3) is 5.89 Å². The quantitative estimate of drug-likeness (QED) is 0.719. The Morgan fingerprint density at radius 2 is 1.91 bits per heavy atom. The van der Waals surface area contributed by atoms with Crippen LogP contribution in [0.4, 0.5) is 0 Å². The van der Waals surface area contributed by atoms with Gasteiger partial charge in [-0.2, -0.15) is 4.98 Å². The minimum atomic E-state index is -1.24. The van der Waals surface area contributed by atoms with Crippen LogP contribution in [-0.4, -0.2) is 57.0 Å². The van der Waals surface area contributed by atoms with Crippen LogP contribution in [0.3, 0.4) is 0 Å². The maximum absolute atomic E-state index is 9.96. The lowest BCUT2D eigenvalue weighted by molar-refractivity contribution is -0.0325. The Kier molecular flexibility index (Phi) is 4.58. The van der Waals surface area contributed by atoms with Gasteiger partial charge in [-0.1, -0.05) is 5.16 Å². The van der Waals surface area contributed by atoms with E-state index in [0.717, 1.165) is 11.3 Å². The van der Waals surface area contributed by atoms with Crippen molar-refractivity contribution in [3.05, 3.63) is 30.2 Å². The third kappa shape index (κ3) is 3.06. The highest BCUT2D eigenvalue weighted by Crippen LogP contribution is 2.33. The first-order valence-corrected chi connectivity index (χ1v) is 7.33. The maximum Gasteiger partial charge on any atom is 0.258 e. The summed E-state index contributed by atoms with van der Waals surface area (Å²) in [6.45, 7) is 2.08. The van der Waals surface area contributed by atoms with E-state index in [9.17, 15) is 10.2 Å². The zero-order valence-corrected chi connectivity index (χ0v) is 12.5. The van der Waals surface area contributed by atoms with Gasteiger partial charge in [-0.05, 0) is 31.2 Å². The largest absolute Gasteiger partial charge is 0.494 e. The van der Waals surface area contributed by atoms with Crippen molar-refractivity contribution in [1.82, 2.24) is 10.1 Å². The van der Waals surface area contributed by atoms with Gasteiger partial charge in [0.05, 0.1) is 13.2 Å². The topological polar surface area (TPSA) is 118 Å². The molecule has 124 valence electrons. The molecule has 2 heterocycles. The fraction of sp³-hybridized carbons (Fsp3) is 0.467. The first-order chi connectivity index (χ1) is 11.1. The molecule has 0 spiro atoms. The van der Waals surface area contributed by atoms with Crippen LogP contribution in [0.15, 0.2) is 28.8 Å². The molecule has 1 aromatic carbocycles. The minimum Gasteiger partial charge on any atom is -0.494 e. The Morgan fingerprint density at radius 1 is 1.17 bits per heavy atom. The molecule has 1 aliphatic heterocycles. The molecule has 1 aromatic heterocycles.